The number of nitrogens with zero attached hydrogens (tertiary/aromatic N) is 1. The first-order valence-corrected chi connectivity index (χ1v) is 11.9. The zero-order chi connectivity index (χ0) is 24.5. The number of nitrogens with one attached hydrogen (secondary N) is 2. The predicted molar refractivity (Wildman–Crippen MR) is 133 cm³/mol. The van der Waals surface area contributed by atoms with Gasteiger partial charge in [0.05, 0.1) is 0 Å². The molecule has 3 rings (SSSR count). The van der Waals surface area contributed by atoms with Crippen molar-refractivity contribution >= 4 is 12.1 Å². The Bertz CT molecular complexity index is 989. The van der Waals surface area contributed by atoms with E-state index in [1.807, 2.05) is 6.92 Å². The van der Waals surface area contributed by atoms with Crippen molar-refractivity contribution in [2.75, 3.05) is 18.0 Å². The Morgan fingerprint density at radius 2 is 1.91 bits per heavy atom. The average Bonchev–Trinajstić information content (AvgIpc) is 2.75. The maximum Gasteiger partial charge on any atom is 0.251 e. The van der Waals surface area contributed by atoms with Gasteiger partial charge in [-0.3, -0.25) is 9.59 Å². The molecule has 0 spiro atoms. The summed E-state index contributed by atoms with van der Waals surface area (Å²) in [6, 6.07) is 6.20. The molecule has 4 N–H and O–H groups in total. The quantitative estimate of drug-likeness (QED) is 0.551. The fourth-order valence-electron chi connectivity index (χ4n) is 4.88. The number of carbonyl (C=O) groups excluding carboxylic acids is 1. The van der Waals surface area contributed by atoms with Crippen LogP contribution in [0.4, 0.5) is 10.1 Å². The molecule has 0 aliphatic carbocycles. The number of primary amides is 1. The number of aromatic amines is 1. The highest BCUT2D eigenvalue weighted by atomic mass is 19.1. The van der Waals surface area contributed by atoms with E-state index in [1.54, 1.807) is 12.1 Å². The van der Waals surface area contributed by atoms with Crippen molar-refractivity contribution in [2.45, 2.75) is 78.8 Å². The monoisotopic (exact) mass is 458 g/mol. The number of nitrogens with two attached hydrogens (primary N) is 1. The number of piperidine rings is 1. The standard InChI is InChI=1S/C25H36FN3O.CH3NO/c1-6-8-19-11-17(4)28-25(30)23(19)14-20-13-21(26)15-24(18(20)5)29(7-2)22-9-10-27-16(3)12-22;2-1-3/h11,13,15-16,22,27H,6-10,12,14H2,1-5H3,(H,28,30);1H,(H2,2,3). The second kappa shape index (κ2) is 12.5. The van der Waals surface area contributed by atoms with E-state index in [0.29, 0.717) is 18.5 Å². The molecule has 1 amide bonds. The third-order valence-corrected chi connectivity index (χ3v) is 6.39. The van der Waals surface area contributed by atoms with E-state index in [4.69, 9.17) is 4.79 Å². The summed E-state index contributed by atoms with van der Waals surface area (Å²) in [5.74, 6) is -0.230. The molecule has 2 unspecified atom stereocenters. The summed E-state index contributed by atoms with van der Waals surface area (Å²) in [6.45, 7) is 12.3. The van der Waals surface area contributed by atoms with Crippen molar-refractivity contribution in [2.24, 2.45) is 5.73 Å². The summed E-state index contributed by atoms with van der Waals surface area (Å²) >= 11 is 0. The smallest absolute Gasteiger partial charge is 0.251 e. The van der Waals surface area contributed by atoms with Gasteiger partial charge < -0.3 is 20.9 Å². The van der Waals surface area contributed by atoms with Gasteiger partial charge in [0.1, 0.15) is 5.82 Å². The van der Waals surface area contributed by atoms with Crippen LogP contribution in [0.5, 0.6) is 0 Å². The minimum absolute atomic E-state index is 0.0526. The molecule has 6 nitrogen and oxygen atoms in total. The van der Waals surface area contributed by atoms with Crippen molar-refractivity contribution < 1.29 is 9.18 Å². The molecule has 1 saturated heterocycles. The molecule has 0 saturated carbocycles. The van der Waals surface area contributed by atoms with Gasteiger partial charge in [-0.2, -0.15) is 0 Å². The van der Waals surface area contributed by atoms with Crippen molar-refractivity contribution in [3.63, 3.8) is 0 Å². The number of carbonyl (C=O) groups is 1. The lowest BCUT2D eigenvalue weighted by molar-refractivity contribution is -0.106. The van der Waals surface area contributed by atoms with Crippen molar-refractivity contribution in [3.05, 3.63) is 62.3 Å². The van der Waals surface area contributed by atoms with E-state index in [9.17, 15) is 9.18 Å². The van der Waals surface area contributed by atoms with Crippen LogP contribution in [0.1, 0.15) is 68.0 Å². The summed E-state index contributed by atoms with van der Waals surface area (Å²) in [7, 11) is 0. The fourth-order valence-corrected chi connectivity index (χ4v) is 4.88. The molecule has 2 heterocycles. The number of halogens is 1. The largest absolute Gasteiger partial charge is 0.372 e. The van der Waals surface area contributed by atoms with E-state index in [1.165, 1.54) is 0 Å². The summed E-state index contributed by atoms with van der Waals surface area (Å²) < 4.78 is 14.7. The number of aromatic nitrogens is 1. The summed E-state index contributed by atoms with van der Waals surface area (Å²) in [4.78, 5) is 26.6. The molecule has 1 aromatic carbocycles. The van der Waals surface area contributed by atoms with Gasteiger partial charge in [-0.05, 0) is 88.4 Å². The lowest BCUT2D eigenvalue weighted by Crippen LogP contribution is -2.47. The maximum atomic E-state index is 14.7. The third kappa shape index (κ3) is 6.90. The molecule has 1 aromatic heterocycles. The Morgan fingerprint density at radius 3 is 2.52 bits per heavy atom. The zero-order valence-corrected chi connectivity index (χ0v) is 20.6. The van der Waals surface area contributed by atoms with Crippen LogP contribution < -0.4 is 21.5 Å². The number of benzene rings is 1. The second-order valence-electron chi connectivity index (χ2n) is 8.88. The van der Waals surface area contributed by atoms with E-state index in [0.717, 1.165) is 72.4 Å². The van der Waals surface area contributed by atoms with Gasteiger partial charge in [0, 0.05) is 42.0 Å². The number of amides is 1. The molecule has 1 aliphatic heterocycles. The lowest BCUT2D eigenvalue weighted by atomic mass is 9.93. The van der Waals surface area contributed by atoms with Crippen LogP contribution in [0.15, 0.2) is 23.0 Å². The van der Waals surface area contributed by atoms with Crippen LogP contribution in [0, 0.1) is 19.7 Å². The molecule has 33 heavy (non-hydrogen) atoms. The fraction of sp³-hybridized carbons (Fsp3) is 0.538. The summed E-state index contributed by atoms with van der Waals surface area (Å²) in [6.07, 6.45) is 4.65. The topological polar surface area (TPSA) is 91.2 Å². The number of aryl methyl sites for hydroxylation is 2. The van der Waals surface area contributed by atoms with Gasteiger partial charge >= 0.3 is 0 Å². The molecular formula is C26H39FN4O2. The zero-order valence-electron chi connectivity index (χ0n) is 20.6. The first-order valence-electron chi connectivity index (χ1n) is 11.9. The molecule has 0 radical (unpaired) electrons. The molecule has 1 aliphatic rings. The molecule has 7 heteroatoms. The van der Waals surface area contributed by atoms with Crippen LogP contribution >= 0.6 is 0 Å². The third-order valence-electron chi connectivity index (χ3n) is 6.39. The molecule has 0 bridgehead atoms. The number of H-pyrrole nitrogens is 1. The first kappa shape index (κ1) is 26.6. The maximum absolute atomic E-state index is 14.7. The van der Waals surface area contributed by atoms with Crippen molar-refractivity contribution in [3.8, 4) is 0 Å². The second-order valence-corrected chi connectivity index (χ2v) is 8.88. The van der Waals surface area contributed by atoms with Crippen LogP contribution in [-0.2, 0) is 17.6 Å². The number of hydrogen-bond acceptors (Lipinski definition) is 4. The number of hydrogen-bond donors (Lipinski definition) is 3. The highest BCUT2D eigenvalue weighted by molar-refractivity contribution is 5.58. The molecule has 2 aromatic rings. The average molecular weight is 459 g/mol. The van der Waals surface area contributed by atoms with E-state index in [-0.39, 0.29) is 17.8 Å². The van der Waals surface area contributed by atoms with Gasteiger partial charge in [0.25, 0.3) is 5.56 Å². The van der Waals surface area contributed by atoms with Gasteiger partial charge in [-0.1, -0.05) is 13.3 Å². The van der Waals surface area contributed by atoms with Crippen LogP contribution in [-0.4, -0.2) is 36.6 Å². The van der Waals surface area contributed by atoms with E-state index in [2.05, 4.69) is 54.7 Å². The molecule has 1 fully saturated rings. The van der Waals surface area contributed by atoms with Crippen LogP contribution in [0.2, 0.25) is 0 Å². The van der Waals surface area contributed by atoms with E-state index >= 15 is 0 Å². The van der Waals surface area contributed by atoms with Crippen LogP contribution in [0.3, 0.4) is 0 Å². The van der Waals surface area contributed by atoms with E-state index < -0.39 is 0 Å². The molecule has 2 atom stereocenters. The van der Waals surface area contributed by atoms with Gasteiger partial charge in [-0.25, -0.2) is 4.39 Å². The molecule has 182 valence electrons. The normalized spacial score (nSPS) is 17.8. The van der Waals surface area contributed by atoms with Gasteiger partial charge in [0.2, 0.25) is 6.41 Å². The van der Waals surface area contributed by atoms with Gasteiger partial charge in [0.15, 0.2) is 0 Å². The molecular weight excluding hydrogens is 419 g/mol. The SMILES string of the molecule is CCCc1cc(C)[nH]c(=O)c1Cc1cc(F)cc(N(CC)C2CCNC(C)C2)c1C.NC=O. The Hall–Kier alpha value is -2.67. The Morgan fingerprint density at radius 1 is 1.21 bits per heavy atom. The summed E-state index contributed by atoms with van der Waals surface area (Å²) in [5, 5.41) is 3.50. The Balaban J connectivity index is 0.00000122. The minimum atomic E-state index is -0.230. The minimum Gasteiger partial charge on any atom is -0.372 e. The van der Waals surface area contributed by atoms with Crippen molar-refractivity contribution in [1.29, 1.82) is 0 Å². The highest BCUT2D eigenvalue weighted by Crippen LogP contribution is 2.31. The first-order chi connectivity index (χ1) is 15.7. The Labute approximate surface area is 196 Å². The highest BCUT2D eigenvalue weighted by Gasteiger charge is 2.26. The number of anilines is 1. The lowest BCUT2D eigenvalue weighted by Gasteiger charge is -2.39. The number of rotatable bonds is 7. The van der Waals surface area contributed by atoms with Gasteiger partial charge in [-0.15, -0.1) is 0 Å². The van der Waals surface area contributed by atoms with Crippen molar-refractivity contribution in [1.82, 2.24) is 10.3 Å². The van der Waals surface area contributed by atoms with Crippen LogP contribution in [0.25, 0.3) is 0 Å². The number of pyridine rings is 1. The summed E-state index contributed by atoms with van der Waals surface area (Å²) in [5.41, 5.74) is 9.77. The Kier molecular flexibility index (Phi) is 10.1. The predicted octanol–water partition coefficient (Wildman–Crippen LogP) is 3.74.